The molecule has 4 rings (SSSR count). The zero-order valence-electron chi connectivity index (χ0n) is 17.9. The second-order valence-electron chi connectivity index (χ2n) is 6.96. The van der Waals surface area contributed by atoms with Crippen LogP contribution in [0.1, 0.15) is 17.0 Å². The summed E-state index contributed by atoms with van der Waals surface area (Å²) in [6, 6.07) is 19.8. The second-order valence-corrected chi connectivity index (χ2v) is 7.90. The summed E-state index contributed by atoms with van der Waals surface area (Å²) in [4.78, 5) is 0. The molecule has 0 amide bonds. The largest absolute Gasteiger partial charge is 0.496 e. The molecule has 0 aliphatic rings. The van der Waals surface area contributed by atoms with Gasteiger partial charge in [0.05, 0.1) is 35.3 Å². The van der Waals surface area contributed by atoms with Crippen molar-refractivity contribution >= 4 is 11.8 Å². The van der Waals surface area contributed by atoms with E-state index in [2.05, 4.69) is 27.9 Å². The van der Waals surface area contributed by atoms with Gasteiger partial charge in [-0.15, -0.1) is 16.8 Å². The Kier molecular flexibility index (Phi) is 6.38. The number of para-hydroxylation sites is 2. The minimum atomic E-state index is 0.514. The van der Waals surface area contributed by atoms with Gasteiger partial charge in [-0.05, 0) is 31.2 Å². The van der Waals surface area contributed by atoms with Gasteiger partial charge in [-0.2, -0.15) is 10.4 Å². The molecule has 2 aromatic carbocycles. The SMILES string of the molecule is C=CCn1c(SCc2c(C#N)c(C)nn2-c2ccccc2)nnc1-c1ccccc1OC. The van der Waals surface area contributed by atoms with E-state index >= 15 is 0 Å². The molecule has 2 aromatic heterocycles. The number of hydrogen-bond donors (Lipinski definition) is 0. The third-order valence-electron chi connectivity index (χ3n) is 4.98. The molecule has 7 nitrogen and oxygen atoms in total. The van der Waals surface area contributed by atoms with Gasteiger partial charge in [-0.1, -0.05) is 48.2 Å². The van der Waals surface area contributed by atoms with Gasteiger partial charge in [-0.25, -0.2) is 4.68 Å². The smallest absolute Gasteiger partial charge is 0.192 e. The third-order valence-corrected chi connectivity index (χ3v) is 5.96. The number of ether oxygens (including phenoxy) is 1. The van der Waals surface area contributed by atoms with E-state index in [9.17, 15) is 5.26 Å². The molecule has 0 aliphatic heterocycles. The van der Waals surface area contributed by atoms with Crippen molar-refractivity contribution in [2.45, 2.75) is 24.4 Å². The van der Waals surface area contributed by atoms with Gasteiger partial charge in [0, 0.05) is 12.3 Å². The topological polar surface area (TPSA) is 81.5 Å². The van der Waals surface area contributed by atoms with Crippen molar-refractivity contribution in [3.63, 3.8) is 0 Å². The summed E-state index contributed by atoms with van der Waals surface area (Å²) in [7, 11) is 1.64. The first kappa shape index (κ1) is 21.4. The van der Waals surface area contributed by atoms with Crippen LogP contribution >= 0.6 is 11.8 Å². The minimum Gasteiger partial charge on any atom is -0.496 e. The van der Waals surface area contributed by atoms with Gasteiger partial charge < -0.3 is 4.74 Å². The third kappa shape index (κ3) is 4.03. The van der Waals surface area contributed by atoms with Crippen LogP contribution in [0.25, 0.3) is 17.1 Å². The van der Waals surface area contributed by atoms with Gasteiger partial charge in [0.2, 0.25) is 0 Å². The highest BCUT2D eigenvalue weighted by Gasteiger charge is 2.20. The first-order chi connectivity index (χ1) is 15.7. The maximum atomic E-state index is 9.73. The predicted octanol–water partition coefficient (Wildman–Crippen LogP) is 4.80. The van der Waals surface area contributed by atoms with Gasteiger partial charge in [-0.3, -0.25) is 4.57 Å². The van der Waals surface area contributed by atoms with Gasteiger partial charge in [0.25, 0.3) is 0 Å². The number of thioether (sulfide) groups is 1. The number of allylic oxidation sites excluding steroid dienone is 1. The van der Waals surface area contributed by atoms with E-state index in [1.54, 1.807) is 7.11 Å². The Balaban J connectivity index is 1.71. The monoisotopic (exact) mass is 442 g/mol. The molecule has 0 aliphatic carbocycles. The van der Waals surface area contributed by atoms with E-state index in [-0.39, 0.29) is 0 Å². The number of nitriles is 1. The number of nitrogens with zero attached hydrogens (tertiary/aromatic N) is 6. The molecule has 0 bridgehead atoms. The molecule has 8 heteroatoms. The van der Waals surface area contributed by atoms with Crippen molar-refractivity contribution < 1.29 is 4.74 Å². The fourth-order valence-corrected chi connectivity index (χ4v) is 4.44. The Hall–Kier alpha value is -3.83. The summed E-state index contributed by atoms with van der Waals surface area (Å²) in [5, 5.41) is 23.9. The fraction of sp³-hybridized carbons (Fsp3) is 0.167. The van der Waals surface area contributed by atoms with Gasteiger partial charge >= 0.3 is 0 Å². The molecular formula is C24H22N6OS. The molecular weight excluding hydrogens is 420 g/mol. The summed E-state index contributed by atoms with van der Waals surface area (Å²) in [6.45, 7) is 6.28. The van der Waals surface area contributed by atoms with Crippen LogP contribution in [-0.4, -0.2) is 31.7 Å². The molecule has 0 fully saturated rings. The lowest BCUT2D eigenvalue weighted by atomic mass is 10.2. The van der Waals surface area contributed by atoms with Crippen LogP contribution in [0.3, 0.4) is 0 Å². The summed E-state index contributed by atoms with van der Waals surface area (Å²) >= 11 is 1.51. The highest BCUT2D eigenvalue weighted by molar-refractivity contribution is 7.98. The van der Waals surface area contributed by atoms with Crippen LogP contribution in [0.2, 0.25) is 0 Å². The molecule has 4 aromatic rings. The molecule has 32 heavy (non-hydrogen) atoms. The van der Waals surface area contributed by atoms with E-state index in [0.717, 1.165) is 27.9 Å². The molecule has 160 valence electrons. The molecule has 0 radical (unpaired) electrons. The predicted molar refractivity (Wildman–Crippen MR) is 125 cm³/mol. The highest BCUT2D eigenvalue weighted by Crippen LogP contribution is 2.32. The Morgan fingerprint density at radius 2 is 1.88 bits per heavy atom. The van der Waals surface area contributed by atoms with Crippen molar-refractivity contribution in [3.8, 4) is 28.9 Å². The number of aromatic nitrogens is 5. The molecule has 0 unspecified atom stereocenters. The second kappa shape index (κ2) is 9.54. The first-order valence-electron chi connectivity index (χ1n) is 10.0. The van der Waals surface area contributed by atoms with Crippen LogP contribution in [0.15, 0.2) is 72.4 Å². The lowest BCUT2D eigenvalue weighted by Gasteiger charge is -2.11. The zero-order valence-corrected chi connectivity index (χ0v) is 18.7. The van der Waals surface area contributed by atoms with Crippen LogP contribution in [-0.2, 0) is 12.3 Å². The van der Waals surface area contributed by atoms with E-state index < -0.39 is 0 Å². The summed E-state index contributed by atoms with van der Waals surface area (Å²) in [6.07, 6.45) is 1.81. The molecule has 0 spiro atoms. The van der Waals surface area contributed by atoms with E-state index in [4.69, 9.17) is 4.74 Å². The number of hydrogen-bond acceptors (Lipinski definition) is 6. The maximum Gasteiger partial charge on any atom is 0.192 e. The van der Waals surface area contributed by atoms with E-state index in [1.807, 2.05) is 76.8 Å². The molecule has 0 saturated heterocycles. The average molecular weight is 443 g/mol. The summed E-state index contributed by atoms with van der Waals surface area (Å²) in [5.41, 5.74) is 3.89. The van der Waals surface area contributed by atoms with E-state index in [0.29, 0.717) is 29.4 Å². The minimum absolute atomic E-state index is 0.514. The molecule has 0 saturated carbocycles. The molecule has 2 heterocycles. The van der Waals surface area contributed by atoms with Crippen molar-refractivity contribution in [2.24, 2.45) is 0 Å². The fourth-order valence-electron chi connectivity index (χ4n) is 3.49. The quantitative estimate of drug-likeness (QED) is 0.288. The van der Waals surface area contributed by atoms with Crippen LogP contribution in [0, 0.1) is 18.3 Å². The standard InChI is InChI=1S/C24H22N6OS/c1-4-14-29-23(19-12-8-9-13-22(19)31-3)26-27-24(29)32-16-21-20(15-25)17(2)28-30(21)18-10-6-5-7-11-18/h4-13H,1,14,16H2,2-3H3. The summed E-state index contributed by atoms with van der Waals surface area (Å²) < 4.78 is 9.34. The van der Waals surface area contributed by atoms with Gasteiger partial charge in [0.15, 0.2) is 11.0 Å². The van der Waals surface area contributed by atoms with Crippen molar-refractivity contribution in [1.29, 1.82) is 5.26 Å². The molecule has 0 N–H and O–H groups in total. The van der Waals surface area contributed by atoms with Crippen molar-refractivity contribution in [3.05, 3.63) is 84.2 Å². The lowest BCUT2D eigenvalue weighted by Crippen LogP contribution is -2.04. The summed E-state index contributed by atoms with van der Waals surface area (Å²) in [5.74, 6) is 1.95. The van der Waals surface area contributed by atoms with E-state index in [1.165, 1.54) is 11.8 Å². The van der Waals surface area contributed by atoms with Crippen molar-refractivity contribution in [2.75, 3.05) is 7.11 Å². The average Bonchev–Trinajstić information content (AvgIpc) is 3.38. The number of rotatable bonds is 8. The Morgan fingerprint density at radius 1 is 1.12 bits per heavy atom. The Morgan fingerprint density at radius 3 is 2.59 bits per heavy atom. The first-order valence-corrected chi connectivity index (χ1v) is 11.0. The molecule has 0 atom stereocenters. The lowest BCUT2D eigenvalue weighted by molar-refractivity contribution is 0.416. The number of aryl methyl sites for hydroxylation is 1. The highest BCUT2D eigenvalue weighted by atomic mass is 32.2. The zero-order chi connectivity index (χ0) is 22.5. The maximum absolute atomic E-state index is 9.73. The number of benzene rings is 2. The number of methoxy groups -OCH3 is 1. The van der Waals surface area contributed by atoms with Crippen LogP contribution in [0.5, 0.6) is 5.75 Å². The Bertz CT molecular complexity index is 1290. The van der Waals surface area contributed by atoms with Gasteiger partial charge in [0.1, 0.15) is 11.8 Å². The van der Waals surface area contributed by atoms with Crippen LogP contribution < -0.4 is 4.74 Å². The Labute approximate surface area is 191 Å². The normalized spacial score (nSPS) is 10.7. The van der Waals surface area contributed by atoms with Crippen LogP contribution in [0.4, 0.5) is 0 Å². The van der Waals surface area contributed by atoms with Crippen molar-refractivity contribution in [1.82, 2.24) is 24.5 Å².